The largest absolute Gasteiger partial charge is 0.471 e. The molecule has 0 spiro atoms. The molecule has 1 aromatic carbocycles. The molecule has 0 fully saturated rings. The first-order valence-corrected chi connectivity index (χ1v) is 10.2. The molecule has 2 aromatic rings. The number of rotatable bonds is 7. The van der Waals surface area contributed by atoms with E-state index in [1.165, 1.54) is 12.3 Å². The van der Waals surface area contributed by atoms with Crippen molar-refractivity contribution in [3.05, 3.63) is 78.3 Å². The molecule has 31 heavy (non-hydrogen) atoms. The fourth-order valence-corrected chi connectivity index (χ4v) is 3.03. The predicted octanol–water partition coefficient (Wildman–Crippen LogP) is 5.48. The van der Waals surface area contributed by atoms with E-state index in [0.717, 1.165) is 24.6 Å². The Balaban J connectivity index is 1.64. The maximum atomic E-state index is 12.9. The van der Waals surface area contributed by atoms with E-state index in [2.05, 4.69) is 29.4 Å². The number of anilines is 1. The van der Waals surface area contributed by atoms with Crippen LogP contribution >= 0.6 is 0 Å². The zero-order valence-electron chi connectivity index (χ0n) is 17.9. The second-order valence-corrected chi connectivity index (χ2v) is 7.88. The van der Waals surface area contributed by atoms with Crippen molar-refractivity contribution in [2.75, 3.05) is 11.5 Å². The molecule has 1 aliphatic heterocycles. The number of aromatic nitrogens is 1. The summed E-state index contributed by atoms with van der Waals surface area (Å²) >= 11 is 0. The van der Waals surface area contributed by atoms with Crippen LogP contribution in [0.5, 0.6) is 5.88 Å². The van der Waals surface area contributed by atoms with E-state index < -0.39 is 12.5 Å². The third kappa shape index (κ3) is 6.64. The van der Waals surface area contributed by atoms with Crippen LogP contribution in [-0.4, -0.2) is 23.4 Å². The van der Waals surface area contributed by atoms with Crippen LogP contribution in [0.3, 0.4) is 0 Å². The first kappa shape index (κ1) is 22.5. The predicted molar refractivity (Wildman–Crippen MR) is 117 cm³/mol. The summed E-state index contributed by atoms with van der Waals surface area (Å²) < 4.78 is 30.8. The van der Waals surface area contributed by atoms with Crippen LogP contribution in [-0.2, 0) is 0 Å². The molecule has 2 atom stereocenters. The number of nitrogens with zero attached hydrogens (tertiary/aromatic N) is 2. The van der Waals surface area contributed by atoms with Crippen LogP contribution in [0.25, 0.3) is 0 Å². The SMILES string of the molecule is CC1C=CN(c2cccc(C(=O)NC(C)c3ccc(OCC(C)(F)F)nc3)c2)C=CC1. The van der Waals surface area contributed by atoms with Crippen molar-refractivity contribution >= 4 is 11.6 Å². The number of ether oxygens (including phenoxy) is 1. The highest BCUT2D eigenvalue weighted by Gasteiger charge is 2.22. The number of benzene rings is 1. The summed E-state index contributed by atoms with van der Waals surface area (Å²) in [6.07, 6.45) is 10.8. The first-order valence-electron chi connectivity index (χ1n) is 10.2. The number of carbonyl (C=O) groups is 1. The van der Waals surface area contributed by atoms with Gasteiger partial charge in [0, 0.05) is 42.8 Å². The third-order valence-electron chi connectivity index (χ3n) is 4.84. The van der Waals surface area contributed by atoms with Crippen molar-refractivity contribution in [2.24, 2.45) is 5.92 Å². The molecule has 1 aromatic heterocycles. The van der Waals surface area contributed by atoms with Gasteiger partial charge in [-0.2, -0.15) is 0 Å². The number of hydrogen-bond acceptors (Lipinski definition) is 4. The minimum absolute atomic E-state index is 0.115. The number of carbonyl (C=O) groups excluding carboxylic acids is 1. The van der Waals surface area contributed by atoms with Gasteiger partial charge in [0.25, 0.3) is 11.8 Å². The van der Waals surface area contributed by atoms with Crippen molar-refractivity contribution in [1.29, 1.82) is 0 Å². The lowest BCUT2D eigenvalue weighted by Crippen LogP contribution is -2.27. The van der Waals surface area contributed by atoms with Crippen molar-refractivity contribution in [3.63, 3.8) is 0 Å². The lowest BCUT2D eigenvalue weighted by Gasteiger charge is -2.18. The van der Waals surface area contributed by atoms with E-state index in [0.29, 0.717) is 11.5 Å². The summed E-state index contributed by atoms with van der Waals surface area (Å²) in [6.45, 7) is 4.04. The molecule has 1 aliphatic rings. The van der Waals surface area contributed by atoms with Crippen molar-refractivity contribution < 1.29 is 18.3 Å². The van der Waals surface area contributed by atoms with Gasteiger partial charge in [-0.1, -0.05) is 31.2 Å². The van der Waals surface area contributed by atoms with Crippen molar-refractivity contribution in [3.8, 4) is 5.88 Å². The molecule has 164 valence electrons. The first-order chi connectivity index (χ1) is 14.7. The Morgan fingerprint density at radius 3 is 2.84 bits per heavy atom. The van der Waals surface area contributed by atoms with Gasteiger partial charge in [0.15, 0.2) is 6.61 Å². The van der Waals surface area contributed by atoms with Crippen molar-refractivity contribution in [1.82, 2.24) is 10.3 Å². The Bertz CT molecular complexity index is 952. The number of pyridine rings is 1. The minimum Gasteiger partial charge on any atom is -0.471 e. The molecule has 0 aliphatic carbocycles. The van der Waals surface area contributed by atoms with E-state index in [4.69, 9.17) is 4.74 Å². The number of alkyl halides is 2. The molecule has 0 saturated carbocycles. The molecule has 3 rings (SSSR count). The molecule has 0 bridgehead atoms. The summed E-state index contributed by atoms with van der Waals surface area (Å²) in [6, 6.07) is 10.3. The smallest absolute Gasteiger partial charge is 0.278 e. The van der Waals surface area contributed by atoms with Gasteiger partial charge in [-0.05, 0) is 43.0 Å². The van der Waals surface area contributed by atoms with E-state index in [-0.39, 0.29) is 17.8 Å². The Morgan fingerprint density at radius 1 is 1.32 bits per heavy atom. The van der Waals surface area contributed by atoms with E-state index in [9.17, 15) is 13.6 Å². The van der Waals surface area contributed by atoms with E-state index in [1.807, 2.05) is 42.4 Å². The molecule has 5 nitrogen and oxygen atoms in total. The Morgan fingerprint density at radius 2 is 2.13 bits per heavy atom. The zero-order valence-corrected chi connectivity index (χ0v) is 17.9. The minimum atomic E-state index is -2.92. The fraction of sp³-hybridized carbons (Fsp3) is 0.333. The summed E-state index contributed by atoms with van der Waals surface area (Å²) in [5.41, 5.74) is 2.19. The topological polar surface area (TPSA) is 54.5 Å². The fourth-order valence-electron chi connectivity index (χ4n) is 3.03. The van der Waals surface area contributed by atoms with Crippen molar-refractivity contribution in [2.45, 2.75) is 39.2 Å². The van der Waals surface area contributed by atoms with Gasteiger partial charge in [0.05, 0.1) is 6.04 Å². The lowest BCUT2D eigenvalue weighted by molar-refractivity contribution is -0.0242. The van der Waals surface area contributed by atoms with Gasteiger partial charge in [-0.25, -0.2) is 13.8 Å². The van der Waals surface area contributed by atoms with Gasteiger partial charge in [-0.3, -0.25) is 4.79 Å². The third-order valence-corrected chi connectivity index (χ3v) is 4.84. The van der Waals surface area contributed by atoms with Gasteiger partial charge in [-0.15, -0.1) is 0 Å². The zero-order chi connectivity index (χ0) is 22.4. The van der Waals surface area contributed by atoms with Gasteiger partial charge >= 0.3 is 0 Å². The van der Waals surface area contributed by atoms with Crippen LogP contribution in [0, 0.1) is 5.92 Å². The summed E-state index contributed by atoms with van der Waals surface area (Å²) in [7, 11) is 0. The molecular formula is C24H27F2N3O2. The maximum Gasteiger partial charge on any atom is 0.278 e. The van der Waals surface area contributed by atoms with Crippen LogP contribution in [0.4, 0.5) is 14.5 Å². The average molecular weight is 427 g/mol. The molecule has 2 heterocycles. The molecule has 7 heteroatoms. The maximum absolute atomic E-state index is 12.9. The molecule has 0 saturated heterocycles. The number of allylic oxidation sites excluding steroid dienone is 2. The molecule has 1 N–H and O–H groups in total. The normalized spacial score (nSPS) is 17.2. The van der Waals surface area contributed by atoms with Crippen LogP contribution < -0.4 is 15.0 Å². The lowest BCUT2D eigenvalue weighted by atomic mass is 10.1. The van der Waals surface area contributed by atoms with Crippen LogP contribution in [0.2, 0.25) is 0 Å². The summed E-state index contributed by atoms with van der Waals surface area (Å²) in [5, 5.41) is 2.94. The van der Waals surface area contributed by atoms with E-state index >= 15 is 0 Å². The Hall–Kier alpha value is -3.22. The van der Waals surface area contributed by atoms with Crippen LogP contribution in [0.1, 0.15) is 49.2 Å². The quantitative estimate of drug-likeness (QED) is 0.636. The molecule has 0 radical (unpaired) electrons. The molecule has 2 unspecified atom stereocenters. The second kappa shape index (κ2) is 9.73. The molecular weight excluding hydrogens is 400 g/mol. The second-order valence-electron chi connectivity index (χ2n) is 7.88. The van der Waals surface area contributed by atoms with Gasteiger partial charge in [0.1, 0.15) is 0 Å². The van der Waals surface area contributed by atoms with Crippen LogP contribution in [0.15, 0.2) is 67.1 Å². The number of nitrogens with one attached hydrogen (secondary N) is 1. The molecule has 1 amide bonds. The van der Waals surface area contributed by atoms with Gasteiger partial charge in [0.2, 0.25) is 5.88 Å². The summed E-state index contributed by atoms with van der Waals surface area (Å²) in [4.78, 5) is 18.8. The number of hydrogen-bond donors (Lipinski definition) is 1. The highest BCUT2D eigenvalue weighted by atomic mass is 19.3. The number of amides is 1. The standard InChI is InChI=1S/C24H27F2N3O2/c1-17-6-5-12-29(13-11-17)21-8-4-7-19(14-21)23(30)28-18(2)20-9-10-22(27-15-20)31-16-24(3,25)26/h4-5,7-15,17-18H,6,16H2,1-3H3,(H,28,30). The summed E-state index contributed by atoms with van der Waals surface area (Å²) in [5.74, 6) is -2.55. The monoisotopic (exact) mass is 427 g/mol. The average Bonchev–Trinajstić information content (AvgIpc) is 2.96. The highest BCUT2D eigenvalue weighted by Crippen LogP contribution is 2.22. The van der Waals surface area contributed by atoms with Gasteiger partial charge < -0.3 is 15.0 Å². The number of halogens is 2. The van der Waals surface area contributed by atoms with E-state index in [1.54, 1.807) is 12.1 Å². The highest BCUT2D eigenvalue weighted by molar-refractivity contribution is 5.95. The Kier molecular flexibility index (Phi) is 7.05. The Labute approximate surface area is 181 Å².